The van der Waals surface area contributed by atoms with Crippen LogP contribution in [0.15, 0.2) is 0 Å². The van der Waals surface area contributed by atoms with Crippen molar-refractivity contribution >= 4 is 23.5 Å². The molecule has 0 aromatic carbocycles. The van der Waals surface area contributed by atoms with E-state index in [4.69, 9.17) is 5.11 Å². The summed E-state index contributed by atoms with van der Waals surface area (Å²) in [5, 5.41) is 8.66. The third-order valence-electron chi connectivity index (χ3n) is 2.13. The summed E-state index contributed by atoms with van der Waals surface area (Å²) in [5.74, 6) is -0.451. The monoisotopic (exact) mass is 158 g/mol. The lowest BCUT2D eigenvalue weighted by Gasteiger charge is -2.00. The Morgan fingerprint density at radius 3 is 2.70 bits per heavy atom. The van der Waals surface area contributed by atoms with E-state index >= 15 is 0 Å². The van der Waals surface area contributed by atoms with Crippen molar-refractivity contribution < 1.29 is 14.7 Å². The van der Waals surface area contributed by atoms with E-state index in [9.17, 15) is 9.59 Å². The zero-order valence-corrected chi connectivity index (χ0v) is 5.98. The van der Waals surface area contributed by atoms with Crippen LogP contribution in [0, 0.1) is 5.92 Å². The van der Waals surface area contributed by atoms with Crippen molar-refractivity contribution in [3.8, 4) is 0 Å². The Hall–Kier alpha value is -0.510. The lowest BCUT2D eigenvalue weighted by Crippen LogP contribution is -2.17. The predicted molar refractivity (Wildman–Crippen MR) is 35.9 cm³/mol. The van der Waals surface area contributed by atoms with E-state index in [1.165, 1.54) is 11.8 Å². The molecule has 2 atom stereocenters. The molecule has 3 nitrogen and oxygen atoms in total. The Balaban J connectivity index is 2.25. The number of carboxylic acid groups (broad SMARTS) is 1. The molecule has 2 fully saturated rings. The number of rotatable bonds is 1. The fraction of sp³-hybridized carbons (Fsp3) is 0.667. The molecule has 1 saturated heterocycles. The largest absolute Gasteiger partial charge is 0.480 e. The zero-order valence-electron chi connectivity index (χ0n) is 5.16. The molecule has 0 aromatic rings. The van der Waals surface area contributed by atoms with Gasteiger partial charge in [-0.25, -0.2) is 0 Å². The maximum Gasteiger partial charge on any atom is 0.320 e. The maximum atomic E-state index is 10.8. The number of hydrogen-bond donors (Lipinski definition) is 1. The van der Waals surface area contributed by atoms with E-state index in [-0.39, 0.29) is 11.7 Å². The summed E-state index contributed by atoms with van der Waals surface area (Å²) in [6.07, 6.45) is 0.561. The van der Waals surface area contributed by atoms with Crippen LogP contribution in [0.3, 0.4) is 0 Å². The molecule has 54 valence electrons. The average molecular weight is 158 g/mol. The second kappa shape index (κ2) is 1.56. The van der Waals surface area contributed by atoms with Crippen molar-refractivity contribution in [2.24, 2.45) is 5.92 Å². The van der Waals surface area contributed by atoms with Crippen molar-refractivity contribution in [3.05, 3.63) is 0 Å². The Morgan fingerprint density at radius 2 is 2.50 bits per heavy atom. The minimum atomic E-state index is -0.812. The first kappa shape index (κ1) is 6.22. The van der Waals surface area contributed by atoms with Crippen LogP contribution >= 0.6 is 11.8 Å². The number of carbonyl (C=O) groups excluding carboxylic acids is 1. The molecular weight excluding hydrogens is 152 g/mol. The van der Waals surface area contributed by atoms with E-state index in [1.807, 2.05) is 0 Å². The summed E-state index contributed by atoms with van der Waals surface area (Å²) in [5.41, 5.74) is 0. The van der Waals surface area contributed by atoms with Crippen LogP contribution in [0.2, 0.25) is 0 Å². The fourth-order valence-electron chi connectivity index (χ4n) is 1.38. The van der Waals surface area contributed by atoms with Gasteiger partial charge in [-0.3, -0.25) is 9.59 Å². The lowest BCUT2D eigenvalue weighted by molar-refractivity contribution is -0.138. The van der Waals surface area contributed by atoms with Gasteiger partial charge in [0, 0.05) is 5.92 Å². The highest BCUT2D eigenvalue weighted by Gasteiger charge is 2.68. The molecule has 0 amide bonds. The first-order chi connectivity index (χ1) is 4.67. The third kappa shape index (κ3) is 0.526. The summed E-state index contributed by atoms with van der Waals surface area (Å²) in [6, 6.07) is 0. The molecule has 0 spiro atoms. The highest BCUT2D eigenvalue weighted by molar-refractivity contribution is 8.03. The minimum absolute atomic E-state index is 0.118. The second-order valence-corrected chi connectivity index (χ2v) is 4.01. The molecule has 1 saturated carbocycles. The summed E-state index contributed by atoms with van der Waals surface area (Å²) in [4.78, 5) is 21.4. The van der Waals surface area contributed by atoms with E-state index in [0.29, 0.717) is 12.2 Å². The summed E-state index contributed by atoms with van der Waals surface area (Å²) in [6.45, 7) is 0. The Bertz CT molecular complexity index is 225. The number of hydrogen-bond acceptors (Lipinski definition) is 3. The van der Waals surface area contributed by atoms with E-state index in [1.54, 1.807) is 0 Å². The minimum Gasteiger partial charge on any atom is -0.480 e. The highest BCUT2D eigenvalue weighted by Crippen LogP contribution is 2.60. The van der Waals surface area contributed by atoms with Crippen molar-refractivity contribution in [2.45, 2.75) is 11.2 Å². The van der Waals surface area contributed by atoms with Crippen LogP contribution in [0.1, 0.15) is 6.42 Å². The van der Waals surface area contributed by atoms with Gasteiger partial charge in [-0.2, -0.15) is 0 Å². The van der Waals surface area contributed by atoms with Crippen LogP contribution in [-0.2, 0) is 9.59 Å². The first-order valence-electron chi connectivity index (χ1n) is 3.07. The van der Waals surface area contributed by atoms with E-state index in [0.717, 1.165) is 0 Å². The van der Waals surface area contributed by atoms with Gasteiger partial charge in [0.25, 0.3) is 0 Å². The van der Waals surface area contributed by atoms with Crippen LogP contribution in [-0.4, -0.2) is 27.4 Å². The Kier molecular flexibility index (Phi) is 0.968. The number of carbonyl (C=O) groups is 2. The van der Waals surface area contributed by atoms with Gasteiger partial charge in [0.1, 0.15) is 10.5 Å². The van der Waals surface area contributed by atoms with Gasteiger partial charge in [-0.15, -0.1) is 11.8 Å². The molecule has 0 bridgehead atoms. The Labute approximate surface area is 61.8 Å². The summed E-state index contributed by atoms with van der Waals surface area (Å²) in [7, 11) is 0. The molecule has 1 N–H and O–H groups in total. The smallest absolute Gasteiger partial charge is 0.320 e. The number of ketones is 1. The number of fused-ring (bicyclic) bond motifs is 1. The molecule has 2 unspecified atom stereocenters. The van der Waals surface area contributed by atoms with E-state index < -0.39 is 10.7 Å². The van der Waals surface area contributed by atoms with Gasteiger partial charge in [-0.05, 0) is 6.42 Å². The molecule has 10 heavy (non-hydrogen) atoms. The SMILES string of the molecule is O=C1CSC2(C(=O)O)CC12. The zero-order chi connectivity index (χ0) is 7.35. The van der Waals surface area contributed by atoms with Gasteiger partial charge in [0.15, 0.2) is 0 Å². The number of thioether (sulfide) groups is 1. The van der Waals surface area contributed by atoms with Gasteiger partial charge in [0.05, 0.1) is 5.75 Å². The molecule has 1 heterocycles. The van der Waals surface area contributed by atoms with Crippen LogP contribution < -0.4 is 0 Å². The van der Waals surface area contributed by atoms with Crippen molar-refractivity contribution in [2.75, 3.05) is 5.75 Å². The van der Waals surface area contributed by atoms with Gasteiger partial charge in [0.2, 0.25) is 0 Å². The normalized spacial score (nSPS) is 43.2. The van der Waals surface area contributed by atoms with Crippen LogP contribution in [0.4, 0.5) is 0 Å². The Morgan fingerprint density at radius 1 is 1.80 bits per heavy atom. The summed E-state index contributed by atoms with van der Waals surface area (Å²) < 4.78 is -0.683. The highest BCUT2D eigenvalue weighted by atomic mass is 32.2. The lowest BCUT2D eigenvalue weighted by atomic mass is 10.2. The number of carboxylic acids is 1. The fourth-order valence-corrected chi connectivity index (χ4v) is 2.72. The standard InChI is InChI=1S/C6H6O3S/c7-4-2-10-6(5(8)9)1-3(4)6/h3H,1-2H2,(H,8,9). The molecule has 2 rings (SSSR count). The second-order valence-electron chi connectivity index (χ2n) is 2.71. The van der Waals surface area contributed by atoms with Crippen molar-refractivity contribution in [1.29, 1.82) is 0 Å². The van der Waals surface area contributed by atoms with Crippen molar-refractivity contribution in [1.82, 2.24) is 0 Å². The maximum absolute atomic E-state index is 10.8. The quantitative estimate of drug-likeness (QED) is 0.590. The van der Waals surface area contributed by atoms with Gasteiger partial charge < -0.3 is 5.11 Å². The molecule has 4 heteroatoms. The van der Waals surface area contributed by atoms with Crippen LogP contribution in [0.25, 0.3) is 0 Å². The molecule has 1 aliphatic heterocycles. The van der Waals surface area contributed by atoms with Gasteiger partial charge in [-0.1, -0.05) is 0 Å². The van der Waals surface area contributed by atoms with Crippen LogP contribution in [0.5, 0.6) is 0 Å². The molecule has 0 radical (unpaired) electrons. The summed E-state index contributed by atoms with van der Waals surface area (Å²) >= 11 is 1.29. The molecule has 1 aliphatic carbocycles. The number of aliphatic carboxylic acids is 1. The first-order valence-corrected chi connectivity index (χ1v) is 4.05. The topological polar surface area (TPSA) is 54.4 Å². The average Bonchev–Trinajstić information content (AvgIpc) is 2.52. The van der Waals surface area contributed by atoms with Gasteiger partial charge >= 0.3 is 5.97 Å². The molecular formula is C6H6O3S. The molecule has 0 aromatic heterocycles. The predicted octanol–water partition coefficient (Wildman–Crippen LogP) is 0.146. The molecule has 2 aliphatic rings. The van der Waals surface area contributed by atoms with E-state index in [2.05, 4.69) is 0 Å². The number of Topliss-reactive ketones (excluding diaryl/α,β-unsaturated/α-hetero) is 1. The third-order valence-corrected chi connectivity index (χ3v) is 3.70. The van der Waals surface area contributed by atoms with Crippen molar-refractivity contribution in [3.63, 3.8) is 0 Å².